The van der Waals surface area contributed by atoms with Crippen LogP contribution in [0.25, 0.3) is 0 Å². The van der Waals surface area contributed by atoms with E-state index in [2.05, 4.69) is 86.3 Å². The number of thioether (sulfide) groups is 1. The fraction of sp³-hybridized carbons (Fsp3) is 0.333. The summed E-state index contributed by atoms with van der Waals surface area (Å²) in [5.41, 5.74) is 2.90. The van der Waals surface area contributed by atoms with Crippen LogP contribution < -0.4 is 0 Å². The van der Waals surface area contributed by atoms with Crippen molar-refractivity contribution in [2.24, 2.45) is 0 Å². The van der Waals surface area contributed by atoms with Crippen LogP contribution in [0.15, 0.2) is 60.7 Å². The first kappa shape index (κ1) is 14.2. The molecule has 1 heteroatoms. The highest BCUT2D eigenvalue weighted by Gasteiger charge is 2.17. The van der Waals surface area contributed by atoms with Gasteiger partial charge in [0.25, 0.3) is 0 Å². The van der Waals surface area contributed by atoms with Crippen molar-refractivity contribution in [2.75, 3.05) is 0 Å². The first-order valence-corrected chi connectivity index (χ1v) is 8.04. The van der Waals surface area contributed by atoms with E-state index in [1.54, 1.807) is 0 Å². The van der Waals surface area contributed by atoms with Crippen molar-refractivity contribution in [2.45, 2.75) is 37.2 Å². The predicted molar refractivity (Wildman–Crippen MR) is 86.5 cm³/mol. The monoisotopic (exact) mass is 270 g/mol. The average molecular weight is 270 g/mol. The molecule has 0 saturated carbocycles. The zero-order valence-electron chi connectivity index (χ0n) is 11.8. The fourth-order valence-electron chi connectivity index (χ4n) is 2.35. The molecule has 0 saturated heterocycles. The Morgan fingerprint density at radius 1 is 0.684 bits per heavy atom. The van der Waals surface area contributed by atoms with Gasteiger partial charge in [-0.05, 0) is 24.0 Å². The summed E-state index contributed by atoms with van der Waals surface area (Å²) < 4.78 is 0. The smallest absolute Gasteiger partial charge is 0.0300 e. The molecule has 0 aliphatic carbocycles. The molecule has 0 amide bonds. The molecule has 0 nitrogen and oxygen atoms in total. The quantitative estimate of drug-likeness (QED) is 0.618. The normalized spacial score (nSPS) is 14.0. The standard InChI is InChI=1S/C18H22S/c1-3-17(15-11-7-5-8-12-15)19-18(4-2)16-13-9-6-10-14-16/h5-14,17-18H,3-4H2,1-2H3. The Labute approximate surface area is 121 Å². The van der Waals surface area contributed by atoms with Gasteiger partial charge in [-0.25, -0.2) is 0 Å². The summed E-state index contributed by atoms with van der Waals surface area (Å²) in [4.78, 5) is 0. The molecule has 2 unspecified atom stereocenters. The largest absolute Gasteiger partial charge is 0.146 e. The molecule has 0 aliphatic heterocycles. The molecule has 0 radical (unpaired) electrons. The Hall–Kier alpha value is -1.21. The minimum Gasteiger partial charge on any atom is -0.146 e. The van der Waals surface area contributed by atoms with E-state index >= 15 is 0 Å². The third-order valence-corrected chi connectivity index (χ3v) is 5.28. The van der Waals surface area contributed by atoms with Gasteiger partial charge in [0.2, 0.25) is 0 Å². The van der Waals surface area contributed by atoms with Crippen LogP contribution in [-0.4, -0.2) is 0 Å². The van der Waals surface area contributed by atoms with Crippen LogP contribution in [0, 0.1) is 0 Å². The van der Waals surface area contributed by atoms with E-state index in [1.807, 2.05) is 0 Å². The summed E-state index contributed by atoms with van der Waals surface area (Å²) in [6.45, 7) is 4.56. The molecule has 2 rings (SSSR count). The Balaban J connectivity index is 2.13. The van der Waals surface area contributed by atoms with Gasteiger partial charge in [-0.2, -0.15) is 0 Å². The van der Waals surface area contributed by atoms with Gasteiger partial charge < -0.3 is 0 Å². The number of hydrogen-bond donors (Lipinski definition) is 0. The topological polar surface area (TPSA) is 0 Å². The average Bonchev–Trinajstić information content (AvgIpc) is 2.50. The van der Waals surface area contributed by atoms with Crippen LogP contribution in [0.1, 0.15) is 48.3 Å². The van der Waals surface area contributed by atoms with E-state index in [0.29, 0.717) is 10.5 Å². The zero-order valence-corrected chi connectivity index (χ0v) is 12.6. The lowest BCUT2D eigenvalue weighted by Gasteiger charge is -2.22. The molecule has 0 heterocycles. The summed E-state index contributed by atoms with van der Waals surface area (Å²) in [6.07, 6.45) is 2.36. The van der Waals surface area contributed by atoms with Gasteiger partial charge in [0, 0.05) is 10.5 Å². The first-order valence-electron chi connectivity index (χ1n) is 7.10. The van der Waals surface area contributed by atoms with E-state index in [0.717, 1.165) is 0 Å². The van der Waals surface area contributed by atoms with Crippen molar-refractivity contribution >= 4 is 11.8 Å². The molecule has 0 spiro atoms. The molecule has 19 heavy (non-hydrogen) atoms. The van der Waals surface area contributed by atoms with Crippen LogP contribution in [0.2, 0.25) is 0 Å². The third-order valence-electron chi connectivity index (χ3n) is 3.41. The van der Waals surface area contributed by atoms with E-state index in [9.17, 15) is 0 Å². The molecule has 0 N–H and O–H groups in total. The molecule has 0 bridgehead atoms. The lowest BCUT2D eigenvalue weighted by atomic mass is 10.1. The molecular formula is C18H22S. The van der Waals surface area contributed by atoms with E-state index < -0.39 is 0 Å². The van der Waals surface area contributed by atoms with E-state index in [-0.39, 0.29) is 0 Å². The Bertz CT molecular complexity index is 418. The summed E-state index contributed by atoms with van der Waals surface area (Å²) in [5, 5.41) is 1.18. The van der Waals surface area contributed by atoms with Crippen molar-refractivity contribution in [3.05, 3.63) is 71.8 Å². The minimum atomic E-state index is 0.589. The van der Waals surface area contributed by atoms with Crippen molar-refractivity contribution in [1.82, 2.24) is 0 Å². The molecule has 2 atom stereocenters. The second-order valence-electron chi connectivity index (χ2n) is 4.75. The van der Waals surface area contributed by atoms with Crippen molar-refractivity contribution in [3.63, 3.8) is 0 Å². The van der Waals surface area contributed by atoms with Crippen LogP contribution >= 0.6 is 11.8 Å². The van der Waals surface area contributed by atoms with Gasteiger partial charge >= 0.3 is 0 Å². The van der Waals surface area contributed by atoms with Crippen molar-refractivity contribution in [3.8, 4) is 0 Å². The zero-order chi connectivity index (χ0) is 13.5. The van der Waals surface area contributed by atoms with E-state index in [1.165, 1.54) is 24.0 Å². The Morgan fingerprint density at radius 3 is 1.37 bits per heavy atom. The highest BCUT2D eigenvalue weighted by molar-refractivity contribution is 7.99. The van der Waals surface area contributed by atoms with Crippen LogP contribution in [0.5, 0.6) is 0 Å². The van der Waals surface area contributed by atoms with Gasteiger partial charge in [-0.1, -0.05) is 74.5 Å². The van der Waals surface area contributed by atoms with Crippen LogP contribution in [0.3, 0.4) is 0 Å². The maximum Gasteiger partial charge on any atom is 0.0300 e. The lowest BCUT2D eigenvalue weighted by molar-refractivity contribution is 0.848. The fourth-order valence-corrected chi connectivity index (χ4v) is 3.76. The highest BCUT2D eigenvalue weighted by atomic mass is 32.2. The number of benzene rings is 2. The van der Waals surface area contributed by atoms with Crippen LogP contribution in [0.4, 0.5) is 0 Å². The molecule has 0 aromatic heterocycles. The summed E-state index contributed by atoms with van der Waals surface area (Å²) in [5.74, 6) is 0. The molecule has 2 aromatic rings. The Morgan fingerprint density at radius 2 is 1.05 bits per heavy atom. The number of hydrogen-bond acceptors (Lipinski definition) is 1. The molecule has 2 aromatic carbocycles. The van der Waals surface area contributed by atoms with Gasteiger partial charge in [-0.3, -0.25) is 0 Å². The van der Waals surface area contributed by atoms with Gasteiger partial charge in [0.15, 0.2) is 0 Å². The highest BCUT2D eigenvalue weighted by Crippen LogP contribution is 2.43. The van der Waals surface area contributed by atoms with Crippen molar-refractivity contribution < 1.29 is 0 Å². The predicted octanol–water partition coefficient (Wildman–Crippen LogP) is 6.02. The van der Waals surface area contributed by atoms with Crippen LogP contribution in [-0.2, 0) is 0 Å². The van der Waals surface area contributed by atoms with Gasteiger partial charge in [-0.15, -0.1) is 11.8 Å². The minimum absolute atomic E-state index is 0.589. The van der Waals surface area contributed by atoms with E-state index in [4.69, 9.17) is 0 Å². The lowest BCUT2D eigenvalue weighted by Crippen LogP contribution is -1.99. The Kier molecular flexibility index (Phi) is 5.53. The summed E-state index contributed by atoms with van der Waals surface area (Å²) in [6, 6.07) is 21.7. The third kappa shape index (κ3) is 3.87. The summed E-state index contributed by atoms with van der Waals surface area (Å²) in [7, 11) is 0. The molecule has 0 fully saturated rings. The van der Waals surface area contributed by atoms with Gasteiger partial charge in [0.05, 0.1) is 0 Å². The maximum atomic E-state index is 2.28. The molecular weight excluding hydrogens is 248 g/mol. The first-order chi connectivity index (χ1) is 9.35. The maximum absolute atomic E-state index is 2.28. The van der Waals surface area contributed by atoms with Crippen molar-refractivity contribution in [1.29, 1.82) is 0 Å². The van der Waals surface area contributed by atoms with Gasteiger partial charge in [0.1, 0.15) is 0 Å². The number of rotatable bonds is 6. The second-order valence-corrected chi connectivity index (χ2v) is 6.16. The second kappa shape index (κ2) is 7.40. The molecule has 100 valence electrons. The molecule has 0 aliphatic rings. The SMILES string of the molecule is CCC(SC(CC)c1ccccc1)c1ccccc1. The summed E-state index contributed by atoms with van der Waals surface area (Å²) >= 11 is 2.10.